The van der Waals surface area contributed by atoms with E-state index in [0.29, 0.717) is 0 Å². The van der Waals surface area contributed by atoms with E-state index in [-0.39, 0.29) is 27.5 Å². The number of nitro groups is 1. The minimum absolute atomic E-state index is 0.0172. The predicted molar refractivity (Wildman–Crippen MR) is 71.7 cm³/mol. The Morgan fingerprint density at radius 2 is 2.40 bits per heavy atom. The summed E-state index contributed by atoms with van der Waals surface area (Å²) in [4.78, 5) is 10.2. The summed E-state index contributed by atoms with van der Waals surface area (Å²) < 4.78 is 6.36. The lowest BCUT2D eigenvalue weighted by Crippen LogP contribution is -1.96. The molecule has 0 saturated carbocycles. The summed E-state index contributed by atoms with van der Waals surface area (Å²) in [6, 6.07) is 2.29. The third-order valence-corrected chi connectivity index (χ3v) is 2.65. The lowest BCUT2D eigenvalue weighted by molar-refractivity contribution is -0.385. The molecule has 0 radical (unpaired) electrons. The highest BCUT2D eigenvalue weighted by molar-refractivity contribution is 7.71. The number of methoxy groups -OCH3 is 1. The zero-order valence-corrected chi connectivity index (χ0v) is 11.0. The number of rotatable bonds is 4. The summed E-state index contributed by atoms with van der Waals surface area (Å²) in [5.74, 6) is -0.270. The van der Waals surface area contributed by atoms with Gasteiger partial charge in [0.15, 0.2) is 11.5 Å². The molecule has 2 N–H and O–H groups in total. The van der Waals surface area contributed by atoms with Crippen LogP contribution in [0.4, 0.5) is 5.69 Å². The van der Waals surface area contributed by atoms with Crippen LogP contribution in [0.3, 0.4) is 0 Å². The average molecular weight is 295 g/mol. The Morgan fingerprint density at radius 1 is 1.65 bits per heavy atom. The SMILES string of the molecule is COc1cc([N+](=O)[O-])cc(/C=N/n2cn[nH]c2=S)c1O. The van der Waals surface area contributed by atoms with Crippen molar-refractivity contribution in [2.24, 2.45) is 5.10 Å². The van der Waals surface area contributed by atoms with Crippen LogP contribution in [-0.4, -0.2) is 38.2 Å². The van der Waals surface area contributed by atoms with Gasteiger partial charge in [-0.15, -0.1) is 0 Å². The Labute approximate surface area is 117 Å². The van der Waals surface area contributed by atoms with Gasteiger partial charge >= 0.3 is 0 Å². The molecule has 0 aliphatic heterocycles. The Bertz CT molecular complexity index is 735. The maximum atomic E-state index is 10.8. The highest BCUT2D eigenvalue weighted by Gasteiger charge is 2.15. The molecule has 1 aromatic heterocycles. The van der Waals surface area contributed by atoms with E-state index in [1.54, 1.807) is 0 Å². The highest BCUT2D eigenvalue weighted by atomic mass is 32.1. The van der Waals surface area contributed by atoms with Crippen molar-refractivity contribution in [1.82, 2.24) is 14.9 Å². The van der Waals surface area contributed by atoms with Crippen molar-refractivity contribution < 1.29 is 14.8 Å². The van der Waals surface area contributed by atoms with E-state index in [0.717, 1.165) is 6.07 Å². The number of phenols is 1. The van der Waals surface area contributed by atoms with Crippen molar-refractivity contribution >= 4 is 24.1 Å². The zero-order valence-electron chi connectivity index (χ0n) is 10.2. The van der Waals surface area contributed by atoms with Crippen molar-refractivity contribution in [1.29, 1.82) is 0 Å². The molecule has 1 heterocycles. The minimum Gasteiger partial charge on any atom is -0.504 e. The average Bonchev–Trinajstić information content (AvgIpc) is 2.83. The molecule has 2 aromatic rings. The molecule has 2 rings (SSSR count). The largest absolute Gasteiger partial charge is 0.504 e. The van der Waals surface area contributed by atoms with Crippen molar-refractivity contribution in [3.05, 3.63) is 38.9 Å². The Hall–Kier alpha value is -2.75. The zero-order chi connectivity index (χ0) is 14.7. The van der Waals surface area contributed by atoms with E-state index in [4.69, 9.17) is 17.0 Å². The van der Waals surface area contributed by atoms with Crippen molar-refractivity contribution in [2.75, 3.05) is 7.11 Å². The number of phenolic OH excluding ortho intramolecular Hbond substituents is 1. The Balaban J connectivity index is 2.48. The Morgan fingerprint density at radius 3 is 2.95 bits per heavy atom. The van der Waals surface area contributed by atoms with Crippen molar-refractivity contribution in [2.45, 2.75) is 0 Å². The summed E-state index contributed by atoms with van der Waals surface area (Å²) in [7, 11) is 1.30. The first kappa shape index (κ1) is 13.7. The molecule has 104 valence electrons. The molecular formula is C10H9N5O4S. The number of ether oxygens (including phenoxy) is 1. The van der Waals surface area contributed by atoms with Gasteiger partial charge in [-0.3, -0.25) is 15.2 Å². The number of benzene rings is 1. The number of non-ortho nitro benzene ring substituents is 1. The number of nitrogens with one attached hydrogen (secondary N) is 1. The number of aromatic nitrogens is 3. The third-order valence-electron chi connectivity index (χ3n) is 2.38. The summed E-state index contributed by atoms with van der Waals surface area (Å²) in [5.41, 5.74) is -0.101. The molecule has 0 unspecified atom stereocenters. The second kappa shape index (κ2) is 5.48. The van der Waals surface area contributed by atoms with Crippen LogP contribution < -0.4 is 4.74 Å². The van der Waals surface area contributed by atoms with E-state index < -0.39 is 4.92 Å². The summed E-state index contributed by atoms with van der Waals surface area (Å²) in [6.45, 7) is 0. The molecule has 0 spiro atoms. The van der Waals surface area contributed by atoms with Crippen LogP contribution in [0, 0.1) is 14.9 Å². The number of hydrogen-bond donors (Lipinski definition) is 2. The number of nitro benzene ring substituents is 1. The summed E-state index contributed by atoms with van der Waals surface area (Å²) >= 11 is 4.89. The first-order chi connectivity index (χ1) is 9.52. The lowest BCUT2D eigenvalue weighted by atomic mass is 10.2. The number of hydrogen-bond acceptors (Lipinski definition) is 7. The van der Waals surface area contributed by atoms with Crippen LogP contribution in [0.15, 0.2) is 23.6 Å². The van der Waals surface area contributed by atoms with Crippen LogP contribution in [0.5, 0.6) is 11.5 Å². The number of nitrogens with zero attached hydrogens (tertiary/aromatic N) is 4. The van der Waals surface area contributed by atoms with Crippen LogP contribution in [0.1, 0.15) is 5.56 Å². The van der Waals surface area contributed by atoms with E-state index in [2.05, 4.69) is 15.3 Å². The first-order valence-corrected chi connectivity index (χ1v) is 5.65. The molecule has 10 heteroatoms. The van der Waals surface area contributed by atoms with Crippen LogP contribution in [0.25, 0.3) is 0 Å². The molecule has 0 aliphatic carbocycles. The predicted octanol–water partition coefficient (Wildman–Crippen LogP) is 1.45. The van der Waals surface area contributed by atoms with E-state index in [1.807, 2.05) is 0 Å². The summed E-state index contributed by atoms with van der Waals surface area (Å²) in [5, 5.41) is 30.8. The van der Waals surface area contributed by atoms with Crippen LogP contribution >= 0.6 is 12.2 Å². The van der Waals surface area contributed by atoms with Gasteiger partial charge in [0.2, 0.25) is 4.77 Å². The lowest BCUT2D eigenvalue weighted by Gasteiger charge is -2.05. The van der Waals surface area contributed by atoms with Gasteiger partial charge in [-0.05, 0) is 12.2 Å². The van der Waals surface area contributed by atoms with Gasteiger partial charge in [-0.25, -0.2) is 0 Å². The molecule has 20 heavy (non-hydrogen) atoms. The number of aromatic hydroxyl groups is 1. The third kappa shape index (κ3) is 2.64. The van der Waals surface area contributed by atoms with Gasteiger partial charge in [0.25, 0.3) is 5.69 Å². The molecule has 0 bridgehead atoms. The van der Waals surface area contributed by atoms with Gasteiger partial charge in [0.05, 0.1) is 24.3 Å². The fourth-order valence-electron chi connectivity index (χ4n) is 1.42. The van der Waals surface area contributed by atoms with Gasteiger partial charge in [-0.2, -0.15) is 14.9 Å². The molecule has 1 aromatic carbocycles. The van der Waals surface area contributed by atoms with E-state index in [9.17, 15) is 15.2 Å². The van der Waals surface area contributed by atoms with Crippen molar-refractivity contribution in [3.8, 4) is 11.5 Å². The van der Waals surface area contributed by atoms with Gasteiger partial charge in [0, 0.05) is 11.6 Å². The molecule has 0 aliphatic rings. The van der Waals surface area contributed by atoms with Gasteiger partial charge < -0.3 is 9.84 Å². The van der Waals surface area contributed by atoms with E-state index >= 15 is 0 Å². The normalized spacial score (nSPS) is 10.8. The number of aromatic amines is 1. The summed E-state index contributed by atoms with van der Waals surface area (Å²) in [6.07, 6.45) is 2.54. The van der Waals surface area contributed by atoms with Crippen LogP contribution in [-0.2, 0) is 0 Å². The highest BCUT2D eigenvalue weighted by Crippen LogP contribution is 2.33. The number of H-pyrrole nitrogens is 1. The maximum Gasteiger partial charge on any atom is 0.274 e. The van der Waals surface area contributed by atoms with Crippen LogP contribution in [0.2, 0.25) is 0 Å². The Kier molecular flexibility index (Phi) is 3.75. The smallest absolute Gasteiger partial charge is 0.274 e. The minimum atomic E-state index is -0.594. The van der Waals surface area contributed by atoms with Gasteiger partial charge in [-0.1, -0.05) is 0 Å². The topological polar surface area (TPSA) is 119 Å². The molecule has 0 atom stereocenters. The fraction of sp³-hybridized carbons (Fsp3) is 0.100. The maximum absolute atomic E-state index is 10.8. The molecule has 0 fully saturated rings. The standard InChI is InChI=1S/C10H9N5O4S/c1-19-8-3-7(15(17)18)2-6(9(8)16)4-12-14-5-11-13-10(14)20/h2-5,16H,1H3,(H,13,20)/b12-4+. The first-order valence-electron chi connectivity index (χ1n) is 5.24. The van der Waals surface area contributed by atoms with E-state index in [1.165, 1.54) is 30.4 Å². The molecule has 0 amide bonds. The second-order valence-electron chi connectivity index (χ2n) is 3.59. The van der Waals surface area contributed by atoms with Gasteiger partial charge in [0.1, 0.15) is 6.33 Å². The molecule has 0 saturated heterocycles. The quantitative estimate of drug-likeness (QED) is 0.381. The fourth-order valence-corrected chi connectivity index (χ4v) is 1.57. The second-order valence-corrected chi connectivity index (χ2v) is 3.98. The molecular weight excluding hydrogens is 286 g/mol. The van der Waals surface area contributed by atoms with Crippen molar-refractivity contribution in [3.63, 3.8) is 0 Å². The molecule has 9 nitrogen and oxygen atoms in total. The monoisotopic (exact) mass is 295 g/mol.